The van der Waals surface area contributed by atoms with Gasteiger partial charge in [-0.15, -0.1) is 0 Å². The molecule has 0 aromatic carbocycles. The van der Waals surface area contributed by atoms with Crippen LogP contribution in [-0.4, -0.2) is 52.9 Å². The van der Waals surface area contributed by atoms with E-state index in [1.807, 2.05) is 6.92 Å². The number of hydrogen-bond donors (Lipinski definition) is 0. The minimum atomic E-state index is -0.879. The summed E-state index contributed by atoms with van der Waals surface area (Å²) in [5.74, 6) is 0.0145. The third-order valence-electron chi connectivity index (χ3n) is 5.71. The Hall–Kier alpha value is -1.98. The quantitative estimate of drug-likeness (QED) is 0.308. The van der Waals surface area contributed by atoms with Crippen LogP contribution in [0.5, 0.6) is 0 Å². The van der Waals surface area contributed by atoms with Crippen molar-refractivity contribution in [1.82, 2.24) is 9.80 Å². The summed E-state index contributed by atoms with van der Waals surface area (Å²) in [7, 11) is 1.65. The van der Waals surface area contributed by atoms with Gasteiger partial charge < -0.3 is 4.90 Å². The van der Waals surface area contributed by atoms with Gasteiger partial charge in [0.15, 0.2) is 5.78 Å². The summed E-state index contributed by atoms with van der Waals surface area (Å²) < 4.78 is 0. The Bertz CT molecular complexity index is 612. The molecule has 0 aromatic rings. The zero-order valence-corrected chi connectivity index (χ0v) is 17.7. The molecule has 1 heterocycles. The molecule has 6 nitrogen and oxygen atoms in total. The largest absolute Gasteiger partial charge is 0.327 e. The van der Waals surface area contributed by atoms with Crippen molar-refractivity contribution in [1.29, 1.82) is 0 Å². The number of imide groups is 1. The number of carbonyl (C=O) groups excluding carboxylic acids is 3. The van der Waals surface area contributed by atoms with Gasteiger partial charge in [0.25, 0.3) is 5.91 Å². The Balaban J connectivity index is 2.85. The van der Waals surface area contributed by atoms with Gasteiger partial charge in [-0.05, 0) is 39.5 Å². The highest BCUT2D eigenvalue weighted by Crippen LogP contribution is 2.33. The molecule has 2 unspecified atom stereocenters. The molecule has 152 valence electrons. The summed E-state index contributed by atoms with van der Waals surface area (Å²) >= 11 is 0. The predicted octanol–water partition coefficient (Wildman–Crippen LogP) is 4.20. The fourth-order valence-corrected chi connectivity index (χ4v) is 3.38. The molecule has 1 aliphatic rings. The topological polar surface area (TPSA) is 70.1 Å². The standard InChI is InChI=1S/C21H35N3O3/c1-7-10-11-17(8-2)12-13-21(5)19(26)24(20(27)23(21)6)15-18(25)16(4)14-22-9-3/h9,14,17H,7-8,10-13,15H2,1-6H3/b16-14+,22-9-. The number of amides is 3. The van der Waals surface area contributed by atoms with Gasteiger partial charge >= 0.3 is 6.03 Å². The lowest BCUT2D eigenvalue weighted by Crippen LogP contribution is -2.45. The maximum Gasteiger partial charge on any atom is 0.327 e. The normalized spacial score (nSPS) is 22.2. The molecule has 2 atom stereocenters. The number of urea groups is 1. The summed E-state index contributed by atoms with van der Waals surface area (Å²) in [6.07, 6.45) is 9.13. The minimum Gasteiger partial charge on any atom is -0.313 e. The molecular weight excluding hydrogens is 342 g/mol. The van der Waals surface area contributed by atoms with Crippen LogP contribution in [0.25, 0.3) is 0 Å². The zero-order chi connectivity index (χ0) is 20.6. The molecule has 1 fully saturated rings. The maximum atomic E-state index is 13.0. The van der Waals surface area contributed by atoms with E-state index >= 15 is 0 Å². The van der Waals surface area contributed by atoms with E-state index in [9.17, 15) is 14.4 Å². The lowest BCUT2D eigenvalue weighted by molar-refractivity contribution is -0.134. The van der Waals surface area contributed by atoms with Gasteiger partial charge in [-0.3, -0.25) is 19.5 Å². The Morgan fingerprint density at radius 3 is 2.48 bits per heavy atom. The first kappa shape index (κ1) is 23.1. The monoisotopic (exact) mass is 377 g/mol. The third kappa shape index (κ3) is 5.50. The summed E-state index contributed by atoms with van der Waals surface area (Å²) in [6.45, 7) is 9.33. The highest BCUT2D eigenvalue weighted by molar-refractivity contribution is 6.10. The summed E-state index contributed by atoms with van der Waals surface area (Å²) in [4.78, 5) is 44.5. The molecule has 0 aromatic heterocycles. The van der Waals surface area contributed by atoms with Crippen LogP contribution in [0.4, 0.5) is 4.79 Å². The second kappa shape index (κ2) is 10.4. The molecule has 1 aliphatic heterocycles. The van der Waals surface area contributed by atoms with Crippen LogP contribution >= 0.6 is 0 Å². The minimum absolute atomic E-state index is 0.230. The van der Waals surface area contributed by atoms with Crippen molar-refractivity contribution in [2.45, 2.75) is 78.7 Å². The van der Waals surface area contributed by atoms with E-state index in [0.717, 1.165) is 30.6 Å². The van der Waals surface area contributed by atoms with E-state index in [1.165, 1.54) is 17.5 Å². The van der Waals surface area contributed by atoms with E-state index in [4.69, 9.17) is 0 Å². The number of nitrogens with zero attached hydrogens (tertiary/aromatic N) is 3. The van der Waals surface area contributed by atoms with Gasteiger partial charge in [-0.25, -0.2) is 4.79 Å². The molecule has 6 heteroatoms. The molecule has 0 spiro atoms. The molecule has 0 bridgehead atoms. The fourth-order valence-electron chi connectivity index (χ4n) is 3.38. The zero-order valence-electron chi connectivity index (χ0n) is 17.7. The van der Waals surface area contributed by atoms with Crippen molar-refractivity contribution in [3.05, 3.63) is 11.8 Å². The Labute approximate surface area is 163 Å². The number of aliphatic imine (C=N–C) groups is 1. The highest BCUT2D eigenvalue weighted by atomic mass is 16.2. The number of Topliss-reactive ketones (excluding diaryl/α,β-unsaturated/α-hetero) is 1. The first-order valence-electron chi connectivity index (χ1n) is 10.00. The number of rotatable bonds is 11. The molecule has 0 saturated carbocycles. The maximum absolute atomic E-state index is 13.0. The third-order valence-corrected chi connectivity index (χ3v) is 5.71. The van der Waals surface area contributed by atoms with E-state index < -0.39 is 11.6 Å². The fraction of sp³-hybridized carbons (Fsp3) is 0.714. The van der Waals surface area contributed by atoms with E-state index in [0.29, 0.717) is 17.9 Å². The van der Waals surface area contributed by atoms with Crippen LogP contribution < -0.4 is 0 Å². The molecule has 1 saturated heterocycles. The van der Waals surface area contributed by atoms with Crippen LogP contribution in [-0.2, 0) is 9.59 Å². The predicted molar refractivity (Wildman–Crippen MR) is 109 cm³/mol. The number of carbonyl (C=O) groups is 3. The first-order chi connectivity index (χ1) is 12.7. The molecule has 0 aliphatic carbocycles. The number of unbranched alkanes of at least 4 members (excludes halogenated alkanes) is 1. The SMILES string of the molecule is C/C=N\C=C(/C)C(=O)CN1C(=O)N(C)C(C)(CCC(CC)CCCC)C1=O. The molecule has 0 radical (unpaired) electrons. The van der Waals surface area contributed by atoms with E-state index in [-0.39, 0.29) is 18.2 Å². The first-order valence-corrected chi connectivity index (χ1v) is 10.00. The van der Waals surface area contributed by atoms with Gasteiger partial charge in [-0.2, -0.15) is 0 Å². The van der Waals surface area contributed by atoms with Crippen LogP contribution in [0.3, 0.4) is 0 Å². The van der Waals surface area contributed by atoms with Crippen molar-refractivity contribution in [2.75, 3.05) is 13.6 Å². The van der Waals surface area contributed by atoms with Gasteiger partial charge in [0.1, 0.15) is 5.54 Å². The van der Waals surface area contributed by atoms with Gasteiger partial charge in [0.05, 0.1) is 6.54 Å². The van der Waals surface area contributed by atoms with Gasteiger partial charge in [-0.1, -0.05) is 39.5 Å². The number of hydrogen-bond acceptors (Lipinski definition) is 4. The highest BCUT2D eigenvalue weighted by Gasteiger charge is 2.52. The van der Waals surface area contributed by atoms with Gasteiger partial charge in [0.2, 0.25) is 0 Å². The second-order valence-electron chi connectivity index (χ2n) is 7.60. The number of likely N-dealkylation sites (N-methyl/N-ethyl adjacent to an activating group) is 1. The summed E-state index contributed by atoms with van der Waals surface area (Å²) in [5.41, 5.74) is -0.452. The Kier molecular flexibility index (Phi) is 8.86. The molecule has 3 amide bonds. The van der Waals surface area contributed by atoms with Crippen LogP contribution in [0.2, 0.25) is 0 Å². The van der Waals surface area contributed by atoms with Crippen molar-refractivity contribution in [3.63, 3.8) is 0 Å². The lowest BCUT2D eigenvalue weighted by atomic mass is 9.86. The summed E-state index contributed by atoms with van der Waals surface area (Å²) in [5, 5.41) is 0. The molecule has 27 heavy (non-hydrogen) atoms. The van der Waals surface area contributed by atoms with E-state index in [1.54, 1.807) is 27.1 Å². The Morgan fingerprint density at radius 2 is 1.93 bits per heavy atom. The van der Waals surface area contributed by atoms with Crippen molar-refractivity contribution in [2.24, 2.45) is 10.9 Å². The van der Waals surface area contributed by atoms with Crippen molar-refractivity contribution < 1.29 is 14.4 Å². The average Bonchev–Trinajstić information content (AvgIpc) is 2.82. The Morgan fingerprint density at radius 1 is 1.26 bits per heavy atom. The smallest absolute Gasteiger partial charge is 0.313 e. The molecule has 1 rings (SSSR count). The lowest BCUT2D eigenvalue weighted by Gasteiger charge is -2.30. The molecule has 0 N–H and O–H groups in total. The van der Waals surface area contributed by atoms with Crippen LogP contribution in [0.15, 0.2) is 16.8 Å². The second-order valence-corrected chi connectivity index (χ2v) is 7.60. The van der Waals surface area contributed by atoms with Crippen molar-refractivity contribution in [3.8, 4) is 0 Å². The van der Waals surface area contributed by atoms with Crippen LogP contribution in [0, 0.1) is 5.92 Å². The number of ketones is 1. The molecular formula is C21H35N3O3. The van der Waals surface area contributed by atoms with Crippen LogP contribution in [0.1, 0.15) is 73.1 Å². The van der Waals surface area contributed by atoms with Gasteiger partial charge in [0, 0.05) is 25.0 Å². The average molecular weight is 378 g/mol. The van der Waals surface area contributed by atoms with Crippen molar-refractivity contribution >= 4 is 23.9 Å². The summed E-state index contributed by atoms with van der Waals surface area (Å²) in [6, 6.07) is -0.399. The van der Waals surface area contributed by atoms with E-state index in [2.05, 4.69) is 18.8 Å².